The van der Waals surface area contributed by atoms with E-state index in [9.17, 15) is 0 Å². The van der Waals surface area contributed by atoms with Gasteiger partial charge in [0.05, 0.1) is 0 Å². The third-order valence-corrected chi connectivity index (χ3v) is 3.50. The smallest absolute Gasteiger partial charge is 0.108 e. The van der Waals surface area contributed by atoms with E-state index in [-0.39, 0.29) is 6.04 Å². The Balaban J connectivity index is 2.18. The molecule has 0 aliphatic rings. The number of benzene rings is 1. The average Bonchev–Trinajstić information content (AvgIpc) is 2.80. The lowest BCUT2D eigenvalue weighted by atomic mass is 9.99. The van der Waals surface area contributed by atoms with Crippen LogP contribution in [0.2, 0.25) is 0 Å². The molecule has 102 valence electrons. The normalized spacial score (nSPS) is 12.6. The van der Waals surface area contributed by atoms with Gasteiger partial charge in [-0.3, -0.25) is 0 Å². The Kier molecular flexibility index (Phi) is 4.38. The lowest BCUT2D eigenvalue weighted by molar-refractivity contribution is 0.550. The molecule has 1 unspecified atom stereocenters. The lowest BCUT2D eigenvalue weighted by Gasteiger charge is -2.17. The molecule has 0 aliphatic heterocycles. The van der Waals surface area contributed by atoms with Gasteiger partial charge in [-0.15, -0.1) is 0 Å². The van der Waals surface area contributed by atoms with Crippen molar-refractivity contribution in [3.8, 4) is 0 Å². The van der Waals surface area contributed by atoms with Gasteiger partial charge in [-0.1, -0.05) is 30.7 Å². The quantitative estimate of drug-likeness (QED) is 0.894. The number of aromatic nitrogens is 2. The highest BCUT2D eigenvalue weighted by atomic mass is 15.1. The zero-order valence-corrected chi connectivity index (χ0v) is 12.1. The first kappa shape index (κ1) is 13.8. The molecule has 3 nitrogen and oxygen atoms in total. The largest absolute Gasteiger partial charge is 0.333 e. The molecular weight excluding hydrogens is 234 g/mol. The van der Waals surface area contributed by atoms with Crippen molar-refractivity contribution in [3.05, 3.63) is 53.1 Å². The van der Waals surface area contributed by atoms with E-state index in [2.05, 4.69) is 48.5 Å². The molecular formula is C16H23N3. The van der Waals surface area contributed by atoms with Gasteiger partial charge >= 0.3 is 0 Å². The zero-order valence-electron chi connectivity index (χ0n) is 12.1. The number of nitrogens with zero attached hydrogens (tertiary/aromatic N) is 2. The van der Waals surface area contributed by atoms with Crippen LogP contribution in [0.5, 0.6) is 0 Å². The fraction of sp³-hybridized carbons (Fsp3) is 0.438. The topological polar surface area (TPSA) is 43.8 Å². The van der Waals surface area contributed by atoms with E-state index >= 15 is 0 Å². The van der Waals surface area contributed by atoms with Gasteiger partial charge in [0, 0.05) is 31.4 Å². The number of hydrogen-bond donors (Lipinski definition) is 1. The lowest BCUT2D eigenvalue weighted by Crippen LogP contribution is -2.19. The molecule has 1 atom stereocenters. The molecule has 0 amide bonds. The molecule has 0 radical (unpaired) electrons. The van der Waals surface area contributed by atoms with Gasteiger partial charge in [0.1, 0.15) is 5.82 Å². The Bertz CT molecular complexity index is 543. The summed E-state index contributed by atoms with van der Waals surface area (Å²) in [5.41, 5.74) is 10.1. The Labute approximate surface area is 115 Å². The molecule has 0 saturated carbocycles. The van der Waals surface area contributed by atoms with Crippen molar-refractivity contribution in [1.82, 2.24) is 9.55 Å². The molecule has 2 N–H and O–H groups in total. The molecule has 1 heterocycles. The fourth-order valence-corrected chi connectivity index (χ4v) is 2.43. The van der Waals surface area contributed by atoms with E-state index < -0.39 is 0 Å². The van der Waals surface area contributed by atoms with Crippen molar-refractivity contribution in [1.29, 1.82) is 0 Å². The highest BCUT2D eigenvalue weighted by Crippen LogP contribution is 2.19. The predicted molar refractivity (Wildman–Crippen MR) is 79.1 cm³/mol. The van der Waals surface area contributed by atoms with Crippen LogP contribution in [0.15, 0.2) is 30.6 Å². The fourth-order valence-electron chi connectivity index (χ4n) is 2.43. The van der Waals surface area contributed by atoms with Crippen LogP contribution in [0.4, 0.5) is 0 Å². The minimum absolute atomic E-state index is 0.0182. The van der Waals surface area contributed by atoms with Crippen LogP contribution < -0.4 is 5.73 Å². The van der Waals surface area contributed by atoms with Crippen LogP contribution in [0.3, 0.4) is 0 Å². The van der Waals surface area contributed by atoms with Crippen LogP contribution >= 0.6 is 0 Å². The van der Waals surface area contributed by atoms with E-state index in [0.717, 1.165) is 25.2 Å². The van der Waals surface area contributed by atoms with Crippen LogP contribution in [0.25, 0.3) is 0 Å². The standard InChI is InChI=1S/C16H23N3/c1-4-5-16-18-8-9-19(16)11-15(17)14-10-12(2)6-7-13(14)3/h6-10,15H,4-5,11,17H2,1-3H3. The van der Waals surface area contributed by atoms with Crippen LogP contribution in [-0.4, -0.2) is 9.55 Å². The first-order chi connectivity index (χ1) is 9.11. The van der Waals surface area contributed by atoms with Crippen molar-refractivity contribution >= 4 is 0 Å². The summed E-state index contributed by atoms with van der Waals surface area (Å²) in [6.07, 6.45) is 6.00. The first-order valence-corrected chi connectivity index (χ1v) is 6.94. The number of hydrogen-bond acceptors (Lipinski definition) is 2. The summed E-state index contributed by atoms with van der Waals surface area (Å²) < 4.78 is 2.18. The van der Waals surface area contributed by atoms with E-state index in [4.69, 9.17) is 5.73 Å². The van der Waals surface area contributed by atoms with Gasteiger partial charge in [0.15, 0.2) is 0 Å². The molecule has 2 aromatic rings. The monoisotopic (exact) mass is 257 g/mol. The van der Waals surface area contributed by atoms with Crippen LogP contribution in [0, 0.1) is 13.8 Å². The van der Waals surface area contributed by atoms with Gasteiger partial charge < -0.3 is 10.3 Å². The molecule has 0 spiro atoms. The maximum Gasteiger partial charge on any atom is 0.108 e. The summed E-state index contributed by atoms with van der Waals surface area (Å²) >= 11 is 0. The van der Waals surface area contributed by atoms with E-state index in [0.29, 0.717) is 0 Å². The molecule has 3 heteroatoms. The molecule has 1 aromatic carbocycles. The van der Waals surface area contributed by atoms with Crippen molar-refractivity contribution < 1.29 is 0 Å². The zero-order chi connectivity index (χ0) is 13.8. The molecule has 0 bridgehead atoms. The predicted octanol–water partition coefficient (Wildman–Crippen LogP) is 3.15. The molecule has 19 heavy (non-hydrogen) atoms. The second-order valence-corrected chi connectivity index (χ2v) is 5.21. The SMILES string of the molecule is CCCc1nccn1CC(N)c1cc(C)ccc1C. The number of rotatable bonds is 5. The number of imidazole rings is 1. The van der Waals surface area contributed by atoms with E-state index in [1.807, 2.05) is 12.4 Å². The second kappa shape index (κ2) is 6.02. The van der Waals surface area contributed by atoms with Crippen LogP contribution in [-0.2, 0) is 13.0 Å². The summed E-state index contributed by atoms with van der Waals surface area (Å²) in [6.45, 7) is 7.19. The van der Waals surface area contributed by atoms with Crippen molar-refractivity contribution in [2.45, 2.75) is 46.2 Å². The molecule has 2 rings (SSSR count). The summed E-state index contributed by atoms with van der Waals surface area (Å²) in [6, 6.07) is 6.48. The van der Waals surface area contributed by atoms with Gasteiger partial charge in [-0.25, -0.2) is 4.98 Å². The Morgan fingerprint density at radius 3 is 2.84 bits per heavy atom. The maximum absolute atomic E-state index is 6.37. The summed E-state index contributed by atoms with van der Waals surface area (Å²) in [5, 5.41) is 0. The summed E-state index contributed by atoms with van der Waals surface area (Å²) in [4.78, 5) is 4.40. The Morgan fingerprint density at radius 1 is 1.32 bits per heavy atom. The molecule has 0 aliphatic carbocycles. The third kappa shape index (κ3) is 3.24. The number of nitrogens with two attached hydrogens (primary N) is 1. The highest BCUT2D eigenvalue weighted by Gasteiger charge is 2.12. The maximum atomic E-state index is 6.37. The van der Waals surface area contributed by atoms with Gasteiger partial charge in [0.25, 0.3) is 0 Å². The Hall–Kier alpha value is -1.61. The Morgan fingerprint density at radius 2 is 2.11 bits per heavy atom. The molecule has 0 saturated heterocycles. The third-order valence-electron chi connectivity index (χ3n) is 3.50. The van der Waals surface area contributed by atoms with Gasteiger partial charge in [-0.05, 0) is 31.4 Å². The van der Waals surface area contributed by atoms with E-state index in [1.165, 1.54) is 16.7 Å². The van der Waals surface area contributed by atoms with Gasteiger partial charge in [0.2, 0.25) is 0 Å². The van der Waals surface area contributed by atoms with Crippen molar-refractivity contribution in [2.24, 2.45) is 5.73 Å². The minimum Gasteiger partial charge on any atom is -0.333 e. The van der Waals surface area contributed by atoms with Gasteiger partial charge in [-0.2, -0.15) is 0 Å². The molecule has 1 aromatic heterocycles. The highest BCUT2D eigenvalue weighted by molar-refractivity contribution is 5.32. The van der Waals surface area contributed by atoms with E-state index in [1.54, 1.807) is 0 Å². The molecule has 0 fully saturated rings. The first-order valence-electron chi connectivity index (χ1n) is 6.94. The second-order valence-electron chi connectivity index (χ2n) is 5.21. The average molecular weight is 257 g/mol. The number of aryl methyl sites for hydroxylation is 3. The van der Waals surface area contributed by atoms with Crippen molar-refractivity contribution in [3.63, 3.8) is 0 Å². The summed E-state index contributed by atoms with van der Waals surface area (Å²) in [7, 11) is 0. The van der Waals surface area contributed by atoms with Crippen molar-refractivity contribution in [2.75, 3.05) is 0 Å². The van der Waals surface area contributed by atoms with Crippen LogP contribution in [0.1, 0.15) is 41.9 Å². The summed E-state index contributed by atoms with van der Waals surface area (Å²) in [5.74, 6) is 1.13. The minimum atomic E-state index is 0.0182.